The van der Waals surface area contributed by atoms with E-state index in [1.165, 1.54) is 0 Å². The second-order valence-electron chi connectivity index (χ2n) is 3.14. The molecule has 0 aliphatic heterocycles. The fourth-order valence-corrected chi connectivity index (χ4v) is 1.28. The summed E-state index contributed by atoms with van der Waals surface area (Å²) in [7, 11) is 0. The first-order chi connectivity index (χ1) is 6.66. The number of carboxylic acid groups (broad SMARTS) is 1. The third-order valence-corrected chi connectivity index (χ3v) is 2.19. The van der Waals surface area contributed by atoms with Crippen molar-refractivity contribution >= 4 is 5.97 Å². The molecule has 2 unspecified atom stereocenters. The number of carbonyl (C=O) groups is 1. The lowest BCUT2D eigenvalue weighted by Crippen LogP contribution is -2.17. The van der Waals surface area contributed by atoms with E-state index in [1.54, 1.807) is 31.2 Å². The molecule has 0 aliphatic rings. The van der Waals surface area contributed by atoms with Crippen molar-refractivity contribution in [1.29, 1.82) is 5.26 Å². The standard InChI is InChI=1S/C11H11NO2/c1-8(11(13)14)10(7-12)9-5-3-2-4-6-9/h2-6,8,10H,1H3,(H,13,14). The van der Waals surface area contributed by atoms with Crippen LogP contribution in [0.5, 0.6) is 0 Å². The van der Waals surface area contributed by atoms with Gasteiger partial charge in [-0.2, -0.15) is 5.26 Å². The number of benzene rings is 1. The van der Waals surface area contributed by atoms with Crippen LogP contribution in [0.25, 0.3) is 0 Å². The third kappa shape index (κ3) is 2.11. The highest BCUT2D eigenvalue weighted by molar-refractivity contribution is 5.71. The van der Waals surface area contributed by atoms with Crippen LogP contribution >= 0.6 is 0 Å². The monoisotopic (exact) mass is 189 g/mol. The molecule has 1 aromatic rings. The summed E-state index contributed by atoms with van der Waals surface area (Å²) in [6.07, 6.45) is 0. The van der Waals surface area contributed by atoms with Gasteiger partial charge in [0.05, 0.1) is 17.9 Å². The van der Waals surface area contributed by atoms with Crippen molar-refractivity contribution in [1.82, 2.24) is 0 Å². The summed E-state index contributed by atoms with van der Waals surface area (Å²) in [5, 5.41) is 17.7. The Hall–Kier alpha value is -1.82. The summed E-state index contributed by atoms with van der Waals surface area (Å²) in [6, 6.07) is 11.0. The van der Waals surface area contributed by atoms with Gasteiger partial charge in [0.25, 0.3) is 0 Å². The van der Waals surface area contributed by atoms with E-state index < -0.39 is 17.8 Å². The number of carboxylic acids is 1. The first-order valence-electron chi connectivity index (χ1n) is 4.34. The Labute approximate surface area is 82.6 Å². The van der Waals surface area contributed by atoms with Crippen molar-refractivity contribution in [2.75, 3.05) is 0 Å². The van der Waals surface area contributed by atoms with Gasteiger partial charge in [0, 0.05) is 0 Å². The maximum Gasteiger partial charge on any atom is 0.307 e. The van der Waals surface area contributed by atoms with Crippen LogP contribution in [0, 0.1) is 17.2 Å². The minimum Gasteiger partial charge on any atom is -0.481 e. The van der Waals surface area contributed by atoms with Crippen molar-refractivity contribution in [3.05, 3.63) is 35.9 Å². The van der Waals surface area contributed by atoms with E-state index in [1.807, 2.05) is 12.1 Å². The molecule has 0 fully saturated rings. The second-order valence-corrected chi connectivity index (χ2v) is 3.14. The Balaban J connectivity index is 2.95. The Kier molecular flexibility index (Phi) is 3.24. The summed E-state index contributed by atoms with van der Waals surface area (Å²) < 4.78 is 0. The number of nitriles is 1. The SMILES string of the molecule is CC(C(=O)O)C(C#N)c1ccccc1. The van der Waals surface area contributed by atoms with Gasteiger partial charge in [0.2, 0.25) is 0 Å². The molecule has 1 aromatic carbocycles. The normalized spacial score (nSPS) is 14.0. The molecule has 1 rings (SSSR count). The molecule has 0 aromatic heterocycles. The van der Waals surface area contributed by atoms with Gasteiger partial charge in [-0.25, -0.2) is 0 Å². The molecule has 0 heterocycles. The highest BCUT2D eigenvalue weighted by Crippen LogP contribution is 2.23. The Morgan fingerprint density at radius 3 is 2.43 bits per heavy atom. The summed E-state index contributed by atoms with van der Waals surface area (Å²) in [5.74, 6) is -2.20. The molecule has 14 heavy (non-hydrogen) atoms. The second kappa shape index (κ2) is 4.43. The number of aliphatic carboxylic acids is 1. The maximum atomic E-state index is 10.7. The van der Waals surface area contributed by atoms with Crippen LogP contribution in [0.3, 0.4) is 0 Å². The highest BCUT2D eigenvalue weighted by atomic mass is 16.4. The first kappa shape index (κ1) is 10.3. The number of rotatable bonds is 3. The van der Waals surface area contributed by atoms with E-state index in [0.717, 1.165) is 5.56 Å². The molecule has 2 atom stereocenters. The van der Waals surface area contributed by atoms with Gasteiger partial charge < -0.3 is 5.11 Å². The number of nitrogens with zero attached hydrogens (tertiary/aromatic N) is 1. The lowest BCUT2D eigenvalue weighted by molar-refractivity contribution is -0.141. The Bertz CT molecular complexity index is 353. The Morgan fingerprint density at radius 1 is 1.43 bits per heavy atom. The maximum absolute atomic E-state index is 10.7. The minimum absolute atomic E-state index is 0.575. The lowest BCUT2D eigenvalue weighted by Gasteiger charge is -2.13. The molecular formula is C11H11NO2. The molecule has 0 amide bonds. The van der Waals surface area contributed by atoms with E-state index in [4.69, 9.17) is 10.4 Å². The molecule has 1 N–H and O–H groups in total. The number of hydrogen-bond donors (Lipinski definition) is 1. The molecule has 0 bridgehead atoms. The molecule has 72 valence electrons. The first-order valence-corrected chi connectivity index (χ1v) is 4.34. The van der Waals surface area contributed by atoms with Crippen molar-refractivity contribution in [2.45, 2.75) is 12.8 Å². The van der Waals surface area contributed by atoms with Crippen LogP contribution in [0.4, 0.5) is 0 Å². The smallest absolute Gasteiger partial charge is 0.307 e. The summed E-state index contributed by atoms with van der Waals surface area (Å²) in [4.78, 5) is 10.7. The van der Waals surface area contributed by atoms with Crippen LogP contribution in [-0.2, 0) is 4.79 Å². The average molecular weight is 189 g/mol. The fourth-order valence-electron chi connectivity index (χ4n) is 1.28. The summed E-state index contributed by atoms with van der Waals surface area (Å²) in [5.41, 5.74) is 0.755. The van der Waals surface area contributed by atoms with E-state index in [9.17, 15) is 4.79 Å². The van der Waals surface area contributed by atoms with E-state index >= 15 is 0 Å². The van der Waals surface area contributed by atoms with E-state index in [-0.39, 0.29) is 0 Å². The Morgan fingerprint density at radius 2 is 2.00 bits per heavy atom. The molecule has 0 aliphatic carbocycles. The van der Waals surface area contributed by atoms with Crippen LogP contribution in [0.15, 0.2) is 30.3 Å². The van der Waals surface area contributed by atoms with Gasteiger partial charge in [-0.1, -0.05) is 37.3 Å². The van der Waals surface area contributed by atoms with Crippen molar-refractivity contribution in [3.8, 4) is 6.07 Å². The van der Waals surface area contributed by atoms with Gasteiger partial charge in [-0.3, -0.25) is 4.79 Å². The van der Waals surface area contributed by atoms with Crippen molar-refractivity contribution < 1.29 is 9.90 Å². The van der Waals surface area contributed by atoms with Gasteiger partial charge >= 0.3 is 5.97 Å². The lowest BCUT2D eigenvalue weighted by atomic mass is 9.89. The highest BCUT2D eigenvalue weighted by Gasteiger charge is 2.24. The predicted molar refractivity (Wildman–Crippen MR) is 51.6 cm³/mol. The van der Waals surface area contributed by atoms with Gasteiger partial charge in [-0.05, 0) is 5.56 Å². The molecule has 0 spiro atoms. The molecule has 0 saturated carbocycles. The summed E-state index contributed by atoms with van der Waals surface area (Å²) in [6.45, 7) is 1.54. The van der Waals surface area contributed by atoms with Gasteiger partial charge in [0.1, 0.15) is 0 Å². The van der Waals surface area contributed by atoms with Crippen molar-refractivity contribution in [2.24, 2.45) is 5.92 Å². The largest absolute Gasteiger partial charge is 0.481 e. The zero-order valence-corrected chi connectivity index (χ0v) is 7.84. The van der Waals surface area contributed by atoms with Crippen molar-refractivity contribution in [3.63, 3.8) is 0 Å². The van der Waals surface area contributed by atoms with E-state index in [2.05, 4.69) is 0 Å². The zero-order chi connectivity index (χ0) is 10.6. The summed E-state index contributed by atoms with van der Waals surface area (Å²) >= 11 is 0. The quantitative estimate of drug-likeness (QED) is 0.791. The predicted octanol–water partition coefficient (Wildman–Crippen LogP) is 2.01. The van der Waals surface area contributed by atoms with Crippen LogP contribution in [-0.4, -0.2) is 11.1 Å². The van der Waals surface area contributed by atoms with Gasteiger partial charge in [-0.15, -0.1) is 0 Å². The molecule has 3 nitrogen and oxygen atoms in total. The third-order valence-electron chi connectivity index (χ3n) is 2.19. The molecule has 0 saturated heterocycles. The topological polar surface area (TPSA) is 61.1 Å². The van der Waals surface area contributed by atoms with Crippen LogP contribution in [0.1, 0.15) is 18.4 Å². The average Bonchev–Trinajstić information content (AvgIpc) is 2.20. The van der Waals surface area contributed by atoms with E-state index in [0.29, 0.717) is 0 Å². The van der Waals surface area contributed by atoms with Crippen LogP contribution < -0.4 is 0 Å². The zero-order valence-electron chi connectivity index (χ0n) is 7.84. The molecule has 3 heteroatoms. The fraction of sp³-hybridized carbons (Fsp3) is 0.273. The molecule has 0 radical (unpaired) electrons. The molecular weight excluding hydrogens is 178 g/mol. The number of hydrogen-bond acceptors (Lipinski definition) is 2. The van der Waals surface area contributed by atoms with Crippen LogP contribution in [0.2, 0.25) is 0 Å². The minimum atomic E-state index is -0.944. The van der Waals surface area contributed by atoms with Gasteiger partial charge in [0.15, 0.2) is 0 Å².